The number of halogens is 1. The van der Waals surface area contributed by atoms with Gasteiger partial charge in [0.1, 0.15) is 5.82 Å². The van der Waals surface area contributed by atoms with E-state index in [2.05, 4.69) is 15.5 Å². The van der Waals surface area contributed by atoms with Crippen molar-refractivity contribution < 1.29 is 20.1 Å². The highest BCUT2D eigenvalue weighted by molar-refractivity contribution is 5.95. The molecule has 2 fully saturated rings. The van der Waals surface area contributed by atoms with Crippen molar-refractivity contribution in [1.82, 2.24) is 15.5 Å². The second-order valence-electron chi connectivity index (χ2n) is 10.4. The van der Waals surface area contributed by atoms with E-state index in [0.29, 0.717) is 19.2 Å². The van der Waals surface area contributed by atoms with E-state index in [-0.39, 0.29) is 36.9 Å². The number of likely N-dealkylation sites (tertiary alicyclic amines) is 1. The minimum Gasteiger partial charge on any atom is -0.450 e. The Hall–Kier alpha value is -2.35. The smallest absolute Gasteiger partial charge is 0.407 e. The van der Waals surface area contributed by atoms with Crippen LogP contribution in [0.1, 0.15) is 72.7 Å². The molecule has 1 aromatic carbocycles. The van der Waals surface area contributed by atoms with Gasteiger partial charge in [0.15, 0.2) is 0 Å². The fraction of sp³-hybridized carbons (Fsp3) is 0.692. The van der Waals surface area contributed by atoms with Crippen LogP contribution in [-0.2, 0) is 10.2 Å². The molecule has 3 aliphatic rings. The third-order valence-corrected chi connectivity index (χ3v) is 7.70. The summed E-state index contributed by atoms with van der Waals surface area (Å²) >= 11 is 0. The van der Waals surface area contributed by atoms with E-state index in [1.807, 2.05) is 20.8 Å². The van der Waals surface area contributed by atoms with Crippen LogP contribution >= 0.6 is 0 Å². The van der Waals surface area contributed by atoms with Crippen LogP contribution in [0.2, 0.25) is 0 Å². The van der Waals surface area contributed by atoms with Gasteiger partial charge in [-0.1, -0.05) is 12.8 Å². The molecule has 2 atom stereocenters. The number of fused-ring (bicyclic) bond motifs is 2. The Morgan fingerprint density at radius 1 is 1.24 bits per heavy atom. The number of carbonyl (C=O) groups excluding carboxylic acids is 2. The van der Waals surface area contributed by atoms with Gasteiger partial charge < -0.3 is 20.3 Å². The maximum Gasteiger partial charge on any atom is 0.407 e. The molecule has 0 bridgehead atoms. The van der Waals surface area contributed by atoms with Gasteiger partial charge in [-0.2, -0.15) is 0 Å². The molecule has 2 unspecified atom stereocenters. The largest absolute Gasteiger partial charge is 0.450 e. The third kappa shape index (κ3) is 5.32. The van der Waals surface area contributed by atoms with E-state index < -0.39 is 0 Å². The van der Waals surface area contributed by atoms with E-state index in [9.17, 15) is 14.0 Å². The first kappa shape index (κ1) is 24.8. The lowest BCUT2D eigenvalue weighted by Gasteiger charge is -2.43. The highest BCUT2D eigenvalue weighted by Gasteiger charge is 2.47. The molecule has 2 heterocycles. The Morgan fingerprint density at radius 3 is 2.68 bits per heavy atom. The molecule has 1 aromatic rings. The summed E-state index contributed by atoms with van der Waals surface area (Å²) in [4.78, 5) is 29.2. The highest BCUT2D eigenvalue weighted by Crippen LogP contribution is 2.48. The van der Waals surface area contributed by atoms with Crippen LogP contribution in [-0.4, -0.2) is 61.4 Å². The van der Waals surface area contributed by atoms with Crippen LogP contribution in [0.15, 0.2) is 18.2 Å². The van der Waals surface area contributed by atoms with Crippen molar-refractivity contribution in [2.45, 2.75) is 89.3 Å². The number of amides is 3. The topological polar surface area (TPSA) is 73.9 Å². The normalized spacial score (nSPS) is 24.6. The Balaban J connectivity index is 0.00000342. The number of piperidine rings is 1. The zero-order valence-corrected chi connectivity index (χ0v) is 20.7. The first-order chi connectivity index (χ1) is 16.3. The Bertz CT molecular complexity index is 891. The number of anilines is 1. The molecule has 2 N–H and O–H groups in total. The van der Waals surface area contributed by atoms with E-state index in [0.717, 1.165) is 69.3 Å². The van der Waals surface area contributed by atoms with Gasteiger partial charge in [-0.25, -0.2) is 14.0 Å². The van der Waals surface area contributed by atoms with Gasteiger partial charge >= 0.3 is 12.1 Å². The molecular weight excluding hydrogens is 435 g/mol. The molecule has 1 aliphatic carbocycles. The summed E-state index contributed by atoms with van der Waals surface area (Å²) in [5.74, 6) is -0.247. The molecule has 7 nitrogen and oxygen atoms in total. The number of benzene rings is 1. The summed E-state index contributed by atoms with van der Waals surface area (Å²) in [6.07, 6.45) is 6.77. The standard InChI is InChI=1S/C26H39FN4O3.H2/c1-4-34-25(33)29-20-7-5-6-8-21(16-20)30-13-11-26(12-14-30)17-31(24(32)28-18(2)3)23-10-9-19(27)15-22(23)26;/h9-10,15,18,20-21H,4-8,11-14,16-17H2,1-3H3,(H,28,32)(H,29,33);1H. The van der Waals surface area contributed by atoms with E-state index in [4.69, 9.17) is 4.74 Å². The molecule has 0 aromatic heterocycles. The number of nitrogens with one attached hydrogen (secondary N) is 2. The van der Waals surface area contributed by atoms with Gasteiger partial charge in [-0.3, -0.25) is 4.90 Å². The lowest BCUT2D eigenvalue weighted by atomic mass is 9.74. The number of alkyl carbamates (subject to hydrolysis) is 1. The average Bonchev–Trinajstić information content (AvgIpc) is 2.93. The van der Waals surface area contributed by atoms with E-state index >= 15 is 0 Å². The van der Waals surface area contributed by atoms with Gasteiger partial charge in [0, 0.05) is 37.2 Å². The Labute approximate surface area is 203 Å². The van der Waals surface area contributed by atoms with Crippen LogP contribution in [0, 0.1) is 5.82 Å². The number of carbonyl (C=O) groups is 2. The van der Waals surface area contributed by atoms with Crippen LogP contribution in [0.3, 0.4) is 0 Å². The van der Waals surface area contributed by atoms with Crippen molar-refractivity contribution in [2.24, 2.45) is 0 Å². The minimum absolute atomic E-state index is 0. The second-order valence-corrected chi connectivity index (χ2v) is 10.4. The maximum absolute atomic E-state index is 14.3. The summed E-state index contributed by atoms with van der Waals surface area (Å²) in [7, 11) is 0. The van der Waals surface area contributed by atoms with Crippen LogP contribution in [0.4, 0.5) is 19.7 Å². The monoisotopic (exact) mass is 476 g/mol. The molecule has 1 saturated carbocycles. The van der Waals surface area contributed by atoms with Crippen molar-refractivity contribution in [2.75, 3.05) is 31.1 Å². The van der Waals surface area contributed by atoms with E-state index in [1.165, 1.54) is 6.07 Å². The molecule has 2 aliphatic heterocycles. The van der Waals surface area contributed by atoms with E-state index in [1.54, 1.807) is 17.0 Å². The molecule has 8 heteroatoms. The summed E-state index contributed by atoms with van der Waals surface area (Å²) < 4.78 is 19.4. The molecule has 1 spiro atoms. The summed E-state index contributed by atoms with van der Waals surface area (Å²) in [5, 5.41) is 6.05. The van der Waals surface area contributed by atoms with Gasteiger partial charge in [-0.15, -0.1) is 0 Å². The number of urea groups is 1. The fourth-order valence-corrected chi connectivity index (χ4v) is 6.03. The fourth-order valence-electron chi connectivity index (χ4n) is 6.03. The van der Waals surface area contributed by atoms with Gasteiger partial charge in [0.25, 0.3) is 0 Å². The number of nitrogens with zero attached hydrogens (tertiary/aromatic N) is 2. The average molecular weight is 477 g/mol. The zero-order chi connectivity index (χ0) is 24.3. The van der Waals surface area contributed by atoms with Gasteiger partial charge in [0.2, 0.25) is 0 Å². The molecule has 190 valence electrons. The molecular formula is C26H41FN4O3. The summed E-state index contributed by atoms with van der Waals surface area (Å²) in [6.45, 7) is 8.51. The highest BCUT2D eigenvalue weighted by atomic mass is 19.1. The summed E-state index contributed by atoms with van der Waals surface area (Å²) in [5.41, 5.74) is 1.59. The minimum atomic E-state index is -0.324. The number of hydrogen-bond acceptors (Lipinski definition) is 4. The molecule has 4 rings (SSSR count). The first-order valence-corrected chi connectivity index (χ1v) is 12.9. The number of ether oxygens (including phenoxy) is 1. The van der Waals surface area contributed by atoms with Crippen LogP contribution in [0.5, 0.6) is 0 Å². The lowest BCUT2D eigenvalue weighted by molar-refractivity contribution is 0.103. The van der Waals surface area contributed by atoms with Crippen molar-refractivity contribution in [1.29, 1.82) is 0 Å². The zero-order valence-electron chi connectivity index (χ0n) is 20.7. The SMILES string of the molecule is CCOC(=O)NC1CCCCC(N2CCC3(CC2)CN(C(=O)NC(C)C)c2ccc(F)cc23)C1.[HH]. The predicted octanol–water partition coefficient (Wildman–Crippen LogP) is 4.79. The quantitative estimate of drug-likeness (QED) is 0.613. The lowest BCUT2D eigenvalue weighted by Crippen LogP contribution is -2.51. The molecule has 34 heavy (non-hydrogen) atoms. The van der Waals surface area contributed by atoms with Gasteiger partial charge in [0.05, 0.1) is 6.61 Å². The predicted molar refractivity (Wildman–Crippen MR) is 133 cm³/mol. The van der Waals surface area contributed by atoms with Crippen molar-refractivity contribution in [3.63, 3.8) is 0 Å². The van der Waals surface area contributed by atoms with Crippen LogP contribution in [0.25, 0.3) is 0 Å². The van der Waals surface area contributed by atoms with Gasteiger partial charge in [-0.05, 0) is 89.7 Å². The van der Waals surface area contributed by atoms with Crippen molar-refractivity contribution in [3.05, 3.63) is 29.6 Å². The van der Waals surface area contributed by atoms with Crippen LogP contribution < -0.4 is 15.5 Å². The second kappa shape index (κ2) is 10.5. The van der Waals surface area contributed by atoms with Crippen molar-refractivity contribution >= 4 is 17.8 Å². The summed E-state index contributed by atoms with van der Waals surface area (Å²) in [6, 6.07) is 5.32. The Kier molecular flexibility index (Phi) is 7.65. The number of rotatable bonds is 4. The van der Waals surface area contributed by atoms with Crippen molar-refractivity contribution in [3.8, 4) is 0 Å². The first-order valence-electron chi connectivity index (χ1n) is 12.9. The molecule has 0 radical (unpaired) electrons. The molecule has 1 saturated heterocycles. The molecule has 3 amide bonds. The Morgan fingerprint density at radius 2 is 1.97 bits per heavy atom. The maximum atomic E-state index is 14.3. The third-order valence-electron chi connectivity index (χ3n) is 7.70. The number of hydrogen-bond donors (Lipinski definition) is 2.